The van der Waals surface area contributed by atoms with E-state index in [9.17, 15) is 4.79 Å². The van der Waals surface area contributed by atoms with Crippen LogP contribution in [0.4, 0.5) is 4.79 Å². The molecule has 0 spiro atoms. The number of alkyl halides is 1. The standard InChI is InChI=1S/C16H31IO3/c1-19-16(18)20-15-13-11-9-7-5-3-2-4-6-8-10-12-14-17/h2-15H2,1H3. The molecule has 0 aromatic rings. The Balaban J connectivity index is 2.97. The van der Waals surface area contributed by atoms with Gasteiger partial charge in [0, 0.05) is 0 Å². The van der Waals surface area contributed by atoms with Crippen molar-refractivity contribution < 1.29 is 14.3 Å². The number of carbonyl (C=O) groups excluding carboxylic acids is 1. The Bertz CT molecular complexity index is 210. The van der Waals surface area contributed by atoms with Gasteiger partial charge in [0.15, 0.2) is 0 Å². The van der Waals surface area contributed by atoms with E-state index in [-0.39, 0.29) is 0 Å². The fourth-order valence-electron chi connectivity index (χ4n) is 2.18. The molecule has 0 amide bonds. The van der Waals surface area contributed by atoms with E-state index in [0.29, 0.717) is 6.61 Å². The van der Waals surface area contributed by atoms with Crippen molar-refractivity contribution in [2.75, 3.05) is 18.1 Å². The van der Waals surface area contributed by atoms with Crippen molar-refractivity contribution in [1.82, 2.24) is 0 Å². The van der Waals surface area contributed by atoms with Gasteiger partial charge in [-0.3, -0.25) is 0 Å². The Labute approximate surface area is 138 Å². The van der Waals surface area contributed by atoms with Crippen LogP contribution in [0.2, 0.25) is 0 Å². The average Bonchev–Trinajstić information content (AvgIpc) is 2.47. The molecular weight excluding hydrogens is 367 g/mol. The molecule has 0 saturated carbocycles. The maximum absolute atomic E-state index is 10.7. The van der Waals surface area contributed by atoms with Crippen molar-refractivity contribution in [3.8, 4) is 0 Å². The van der Waals surface area contributed by atoms with Gasteiger partial charge >= 0.3 is 6.16 Å². The molecule has 0 aliphatic heterocycles. The van der Waals surface area contributed by atoms with Crippen molar-refractivity contribution in [3.63, 3.8) is 0 Å². The second kappa shape index (κ2) is 17.1. The highest BCUT2D eigenvalue weighted by Gasteiger charge is 1.99. The van der Waals surface area contributed by atoms with E-state index in [1.54, 1.807) is 0 Å². The monoisotopic (exact) mass is 398 g/mol. The molecule has 0 aromatic carbocycles. The SMILES string of the molecule is COC(=O)OCCCCCCCCCCCCCCI. The van der Waals surface area contributed by atoms with Crippen LogP contribution in [0, 0.1) is 0 Å². The summed E-state index contributed by atoms with van der Waals surface area (Å²) in [6, 6.07) is 0. The summed E-state index contributed by atoms with van der Waals surface area (Å²) in [6.45, 7) is 0.490. The minimum Gasteiger partial charge on any atom is -0.438 e. The third kappa shape index (κ3) is 16.1. The third-order valence-electron chi connectivity index (χ3n) is 3.41. The van der Waals surface area contributed by atoms with E-state index in [4.69, 9.17) is 4.74 Å². The van der Waals surface area contributed by atoms with Gasteiger partial charge in [0.25, 0.3) is 0 Å². The highest BCUT2D eigenvalue weighted by atomic mass is 127. The summed E-state index contributed by atoms with van der Waals surface area (Å²) < 4.78 is 10.5. The van der Waals surface area contributed by atoms with Crippen molar-refractivity contribution >= 4 is 28.7 Å². The number of ether oxygens (including phenoxy) is 2. The molecule has 0 saturated heterocycles. The molecule has 0 radical (unpaired) electrons. The van der Waals surface area contributed by atoms with Crippen molar-refractivity contribution in [2.45, 2.75) is 77.0 Å². The summed E-state index contributed by atoms with van der Waals surface area (Å²) in [5.74, 6) is 0. The van der Waals surface area contributed by atoms with E-state index in [1.807, 2.05) is 0 Å². The predicted octanol–water partition coefficient (Wildman–Crippen LogP) is 5.89. The average molecular weight is 398 g/mol. The quantitative estimate of drug-likeness (QED) is 0.159. The zero-order chi connectivity index (χ0) is 14.9. The normalized spacial score (nSPS) is 10.5. The summed E-state index contributed by atoms with van der Waals surface area (Å²) in [7, 11) is 1.34. The minimum atomic E-state index is -0.566. The van der Waals surface area contributed by atoms with Crippen LogP contribution >= 0.6 is 22.6 Å². The van der Waals surface area contributed by atoms with Gasteiger partial charge in [-0.1, -0.05) is 86.8 Å². The van der Waals surface area contributed by atoms with Gasteiger partial charge < -0.3 is 9.47 Å². The van der Waals surface area contributed by atoms with Crippen molar-refractivity contribution in [2.24, 2.45) is 0 Å². The first-order valence-electron chi connectivity index (χ1n) is 8.08. The Morgan fingerprint density at radius 2 is 1.15 bits per heavy atom. The first kappa shape index (κ1) is 20.0. The van der Waals surface area contributed by atoms with Gasteiger partial charge in [0.1, 0.15) is 0 Å². The first-order valence-corrected chi connectivity index (χ1v) is 9.60. The van der Waals surface area contributed by atoms with Gasteiger partial charge in [-0.05, 0) is 17.3 Å². The van der Waals surface area contributed by atoms with E-state index in [2.05, 4.69) is 27.3 Å². The number of carbonyl (C=O) groups is 1. The van der Waals surface area contributed by atoms with Gasteiger partial charge in [-0.2, -0.15) is 0 Å². The minimum absolute atomic E-state index is 0.490. The maximum Gasteiger partial charge on any atom is 0.507 e. The molecule has 20 heavy (non-hydrogen) atoms. The molecule has 0 aromatic heterocycles. The van der Waals surface area contributed by atoms with Gasteiger partial charge in [-0.25, -0.2) is 4.79 Å². The zero-order valence-electron chi connectivity index (χ0n) is 13.0. The molecule has 120 valence electrons. The summed E-state index contributed by atoms with van der Waals surface area (Å²) >= 11 is 2.46. The maximum atomic E-state index is 10.7. The predicted molar refractivity (Wildman–Crippen MR) is 92.6 cm³/mol. The summed E-state index contributed by atoms with van der Waals surface area (Å²) in [4.78, 5) is 10.7. The van der Waals surface area contributed by atoms with E-state index >= 15 is 0 Å². The number of hydrogen-bond acceptors (Lipinski definition) is 3. The van der Waals surface area contributed by atoms with E-state index < -0.39 is 6.16 Å². The molecule has 4 heteroatoms. The number of halogens is 1. The Morgan fingerprint density at radius 1 is 0.750 bits per heavy atom. The molecule has 0 unspecified atom stereocenters. The largest absolute Gasteiger partial charge is 0.507 e. The van der Waals surface area contributed by atoms with Crippen LogP contribution in [0.1, 0.15) is 77.0 Å². The van der Waals surface area contributed by atoms with Crippen LogP contribution < -0.4 is 0 Å². The van der Waals surface area contributed by atoms with Crippen LogP contribution in [0.5, 0.6) is 0 Å². The van der Waals surface area contributed by atoms with Crippen LogP contribution in [-0.2, 0) is 9.47 Å². The zero-order valence-corrected chi connectivity index (χ0v) is 15.2. The molecule has 0 rings (SSSR count). The molecule has 0 aliphatic rings. The lowest BCUT2D eigenvalue weighted by Gasteiger charge is -2.04. The van der Waals surface area contributed by atoms with E-state index in [0.717, 1.165) is 12.8 Å². The second-order valence-electron chi connectivity index (χ2n) is 5.23. The number of rotatable bonds is 14. The summed E-state index contributed by atoms with van der Waals surface area (Å²) in [5.41, 5.74) is 0. The Kier molecular flexibility index (Phi) is 17.1. The highest BCUT2D eigenvalue weighted by molar-refractivity contribution is 14.1. The molecular formula is C16H31IO3. The van der Waals surface area contributed by atoms with Crippen molar-refractivity contribution in [1.29, 1.82) is 0 Å². The van der Waals surface area contributed by atoms with Crippen LogP contribution in [0.3, 0.4) is 0 Å². The molecule has 0 bridgehead atoms. The number of methoxy groups -OCH3 is 1. The fourth-order valence-corrected chi connectivity index (χ4v) is 2.72. The van der Waals surface area contributed by atoms with Gasteiger partial charge in [0.2, 0.25) is 0 Å². The second-order valence-corrected chi connectivity index (χ2v) is 6.31. The molecule has 0 fully saturated rings. The van der Waals surface area contributed by atoms with Crippen LogP contribution in [0.25, 0.3) is 0 Å². The number of hydrogen-bond donors (Lipinski definition) is 0. The van der Waals surface area contributed by atoms with Gasteiger partial charge in [0.05, 0.1) is 13.7 Å². The molecule has 0 aliphatic carbocycles. The fraction of sp³-hybridized carbons (Fsp3) is 0.938. The number of unbranched alkanes of at least 4 members (excludes halogenated alkanes) is 11. The first-order chi connectivity index (χ1) is 9.81. The molecule has 0 N–H and O–H groups in total. The van der Waals surface area contributed by atoms with Crippen LogP contribution in [-0.4, -0.2) is 24.3 Å². The highest BCUT2D eigenvalue weighted by Crippen LogP contribution is 2.12. The van der Waals surface area contributed by atoms with Crippen molar-refractivity contribution in [3.05, 3.63) is 0 Å². The molecule has 0 heterocycles. The summed E-state index contributed by atoms with van der Waals surface area (Å²) in [5, 5.41) is 0. The van der Waals surface area contributed by atoms with E-state index in [1.165, 1.54) is 75.7 Å². The Hall–Kier alpha value is 0. The lowest BCUT2D eigenvalue weighted by Crippen LogP contribution is -2.05. The molecule has 3 nitrogen and oxygen atoms in total. The summed E-state index contributed by atoms with van der Waals surface area (Å²) in [6.07, 6.45) is 15.3. The Morgan fingerprint density at radius 3 is 1.55 bits per heavy atom. The lowest BCUT2D eigenvalue weighted by atomic mass is 10.1. The van der Waals surface area contributed by atoms with Crippen LogP contribution in [0.15, 0.2) is 0 Å². The van der Waals surface area contributed by atoms with Gasteiger partial charge in [-0.15, -0.1) is 0 Å². The lowest BCUT2D eigenvalue weighted by molar-refractivity contribution is 0.0713. The smallest absolute Gasteiger partial charge is 0.438 e. The topological polar surface area (TPSA) is 35.5 Å². The molecule has 0 atom stereocenters. The third-order valence-corrected chi connectivity index (χ3v) is 4.18.